The maximum absolute atomic E-state index is 10.5. The number of hydrogen-bond donors (Lipinski definition) is 2. The van der Waals surface area contributed by atoms with Gasteiger partial charge >= 0.3 is 7.82 Å². The molecule has 0 atom stereocenters. The van der Waals surface area contributed by atoms with E-state index in [0.717, 1.165) is 0 Å². The van der Waals surface area contributed by atoms with Gasteiger partial charge in [0, 0.05) is 0 Å². The maximum atomic E-state index is 10.5. The van der Waals surface area contributed by atoms with Crippen LogP contribution < -0.4 is 9.26 Å². The van der Waals surface area contributed by atoms with Crippen LogP contribution in [0.5, 0.6) is 11.5 Å². The summed E-state index contributed by atoms with van der Waals surface area (Å²) in [6.45, 7) is 3.86. The Bertz CT molecular complexity index is 367. The first kappa shape index (κ1) is 11.8. The molecule has 15 heavy (non-hydrogen) atoms. The van der Waals surface area contributed by atoms with Crippen LogP contribution in [0.4, 0.5) is 0 Å². The van der Waals surface area contributed by atoms with Gasteiger partial charge < -0.3 is 9.26 Å². The molecule has 0 bridgehead atoms. The fourth-order valence-corrected chi connectivity index (χ4v) is 1.29. The lowest BCUT2D eigenvalue weighted by molar-refractivity contribution is 0.283. The molecule has 0 saturated heterocycles. The average Bonchev–Trinajstić information content (AvgIpc) is 2.14. The van der Waals surface area contributed by atoms with Crippen LogP contribution in [-0.2, 0) is 4.57 Å². The molecule has 6 heteroatoms. The van der Waals surface area contributed by atoms with Gasteiger partial charge in [0.25, 0.3) is 0 Å². The minimum absolute atomic E-state index is 0.0919. The number of ether oxygens (including phenoxy) is 1. The van der Waals surface area contributed by atoms with Crippen LogP contribution in [0.1, 0.15) is 0 Å². The first-order valence-electron chi connectivity index (χ1n) is 4.10. The molecular formula is C9H11O5P. The first-order chi connectivity index (χ1) is 7.01. The molecule has 1 aromatic rings. The molecule has 0 amide bonds. The topological polar surface area (TPSA) is 76.0 Å². The summed E-state index contributed by atoms with van der Waals surface area (Å²) in [6.07, 6.45) is 1.60. The zero-order valence-electron chi connectivity index (χ0n) is 7.87. The van der Waals surface area contributed by atoms with Gasteiger partial charge in [0.15, 0.2) is 0 Å². The van der Waals surface area contributed by atoms with E-state index in [4.69, 9.17) is 14.5 Å². The smallest absolute Gasteiger partial charge is 0.490 e. The van der Waals surface area contributed by atoms with Crippen molar-refractivity contribution in [3.8, 4) is 11.5 Å². The van der Waals surface area contributed by atoms with Crippen LogP contribution in [-0.4, -0.2) is 16.4 Å². The Morgan fingerprint density at radius 1 is 1.27 bits per heavy atom. The molecule has 2 N–H and O–H groups in total. The van der Waals surface area contributed by atoms with Crippen molar-refractivity contribution in [2.75, 3.05) is 6.61 Å². The molecule has 0 aliphatic heterocycles. The third kappa shape index (κ3) is 4.65. The standard InChI is InChI=1S/C9H11O5P/c1-2-7-13-8-3-5-9(6-4-8)14-15(10,11)12/h2-6H,1,7H2,(H2,10,11,12). The van der Waals surface area contributed by atoms with E-state index >= 15 is 0 Å². The summed E-state index contributed by atoms with van der Waals surface area (Å²) in [5.41, 5.74) is 0. The van der Waals surface area contributed by atoms with Gasteiger partial charge in [0.05, 0.1) is 0 Å². The van der Waals surface area contributed by atoms with Crippen molar-refractivity contribution >= 4 is 7.82 Å². The molecule has 1 aromatic carbocycles. The van der Waals surface area contributed by atoms with Gasteiger partial charge in [-0.25, -0.2) is 4.57 Å². The largest absolute Gasteiger partial charge is 0.524 e. The second-order valence-corrected chi connectivity index (χ2v) is 3.82. The minimum atomic E-state index is -4.48. The van der Waals surface area contributed by atoms with E-state index in [-0.39, 0.29) is 5.75 Å². The van der Waals surface area contributed by atoms with E-state index < -0.39 is 7.82 Å². The van der Waals surface area contributed by atoms with Crippen molar-refractivity contribution in [3.05, 3.63) is 36.9 Å². The molecule has 0 fully saturated rings. The van der Waals surface area contributed by atoms with E-state index in [1.165, 1.54) is 12.1 Å². The third-order valence-electron chi connectivity index (χ3n) is 1.42. The lowest BCUT2D eigenvalue weighted by Crippen LogP contribution is -1.93. The second kappa shape index (κ2) is 4.98. The second-order valence-electron chi connectivity index (χ2n) is 2.65. The molecule has 0 aliphatic rings. The van der Waals surface area contributed by atoms with Crippen molar-refractivity contribution in [2.24, 2.45) is 0 Å². The van der Waals surface area contributed by atoms with Crippen LogP contribution in [0.25, 0.3) is 0 Å². The van der Waals surface area contributed by atoms with Gasteiger partial charge in [0.2, 0.25) is 0 Å². The minimum Gasteiger partial charge on any atom is -0.490 e. The van der Waals surface area contributed by atoms with Gasteiger partial charge in [-0.15, -0.1) is 0 Å². The van der Waals surface area contributed by atoms with E-state index in [2.05, 4.69) is 11.1 Å². The molecule has 0 saturated carbocycles. The van der Waals surface area contributed by atoms with Crippen LogP contribution in [0.3, 0.4) is 0 Å². The van der Waals surface area contributed by atoms with Gasteiger partial charge in [-0.05, 0) is 24.3 Å². The van der Waals surface area contributed by atoms with Crippen molar-refractivity contribution in [3.63, 3.8) is 0 Å². The summed E-state index contributed by atoms with van der Waals surface area (Å²) in [7, 11) is -4.48. The molecule has 0 spiro atoms. The van der Waals surface area contributed by atoms with Crippen LogP contribution >= 0.6 is 7.82 Å². The number of benzene rings is 1. The van der Waals surface area contributed by atoms with Gasteiger partial charge in [-0.3, -0.25) is 9.79 Å². The Hall–Kier alpha value is -1.29. The lowest BCUT2D eigenvalue weighted by Gasteiger charge is -2.07. The SMILES string of the molecule is C=CCOc1ccc(OP(=O)(O)O)cc1. The molecule has 0 aliphatic carbocycles. The predicted molar refractivity (Wildman–Crippen MR) is 54.8 cm³/mol. The monoisotopic (exact) mass is 230 g/mol. The quantitative estimate of drug-likeness (QED) is 0.595. The van der Waals surface area contributed by atoms with E-state index in [1.54, 1.807) is 18.2 Å². The fraction of sp³-hybridized carbons (Fsp3) is 0.111. The molecule has 0 unspecified atom stereocenters. The average molecular weight is 230 g/mol. The van der Waals surface area contributed by atoms with E-state index in [0.29, 0.717) is 12.4 Å². The summed E-state index contributed by atoms with van der Waals surface area (Å²) >= 11 is 0. The van der Waals surface area contributed by atoms with E-state index in [9.17, 15) is 4.57 Å². The highest BCUT2D eigenvalue weighted by atomic mass is 31.2. The van der Waals surface area contributed by atoms with Crippen molar-refractivity contribution in [2.45, 2.75) is 0 Å². The Morgan fingerprint density at radius 2 is 1.80 bits per heavy atom. The number of phosphoric acid groups is 1. The highest BCUT2D eigenvalue weighted by molar-refractivity contribution is 7.46. The van der Waals surface area contributed by atoms with Gasteiger partial charge in [-0.1, -0.05) is 12.7 Å². The maximum Gasteiger partial charge on any atom is 0.524 e. The summed E-state index contributed by atoms with van der Waals surface area (Å²) in [6, 6.07) is 5.93. The zero-order chi connectivity index (χ0) is 11.3. The Kier molecular flexibility index (Phi) is 3.91. The first-order valence-corrected chi connectivity index (χ1v) is 5.63. The number of phosphoric ester groups is 1. The normalized spacial score (nSPS) is 10.8. The molecular weight excluding hydrogens is 219 g/mol. The Labute approximate surface area is 87.2 Å². The molecule has 5 nitrogen and oxygen atoms in total. The molecule has 0 aromatic heterocycles. The van der Waals surface area contributed by atoms with Gasteiger partial charge in [0.1, 0.15) is 18.1 Å². The van der Waals surface area contributed by atoms with Crippen LogP contribution in [0.15, 0.2) is 36.9 Å². The van der Waals surface area contributed by atoms with Gasteiger partial charge in [-0.2, -0.15) is 0 Å². The van der Waals surface area contributed by atoms with Crippen molar-refractivity contribution < 1.29 is 23.6 Å². The number of rotatable bonds is 5. The molecule has 0 heterocycles. The zero-order valence-corrected chi connectivity index (χ0v) is 8.76. The Morgan fingerprint density at radius 3 is 2.27 bits per heavy atom. The van der Waals surface area contributed by atoms with Crippen molar-refractivity contribution in [1.29, 1.82) is 0 Å². The molecule has 82 valence electrons. The predicted octanol–water partition coefficient (Wildman–Crippen LogP) is 1.72. The molecule has 1 rings (SSSR count). The van der Waals surface area contributed by atoms with Crippen LogP contribution in [0.2, 0.25) is 0 Å². The summed E-state index contributed by atoms with van der Waals surface area (Å²) in [4.78, 5) is 17.1. The fourth-order valence-electron chi connectivity index (χ4n) is 0.889. The molecule has 0 radical (unpaired) electrons. The Balaban J connectivity index is 2.64. The highest BCUT2D eigenvalue weighted by Gasteiger charge is 2.15. The van der Waals surface area contributed by atoms with Crippen LogP contribution in [0, 0.1) is 0 Å². The summed E-state index contributed by atoms with van der Waals surface area (Å²) in [5.74, 6) is 0.669. The lowest BCUT2D eigenvalue weighted by atomic mass is 10.3. The summed E-state index contributed by atoms with van der Waals surface area (Å²) < 4.78 is 20.0. The third-order valence-corrected chi connectivity index (χ3v) is 1.86. The summed E-state index contributed by atoms with van der Waals surface area (Å²) in [5, 5.41) is 0. The highest BCUT2D eigenvalue weighted by Crippen LogP contribution is 2.37. The van der Waals surface area contributed by atoms with Crippen molar-refractivity contribution in [1.82, 2.24) is 0 Å². The number of hydrogen-bond acceptors (Lipinski definition) is 3. The van der Waals surface area contributed by atoms with E-state index in [1.807, 2.05) is 0 Å².